The molecular formula is C22H21N5O5. The van der Waals surface area contributed by atoms with Crippen molar-refractivity contribution in [2.45, 2.75) is 26.0 Å². The number of nitrogens with one attached hydrogen (secondary N) is 3. The van der Waals surface area contributed by atoms with Gasteiger partial charge in [0, 0.05) is 12.1 Å². The fourth-order valence-electron chi connectivity index (χ4n) is 3.17. The molecule has 0 bridgehead atoms. The van der Waals surface area contributed by atoms with Crippen molar-refractivity contribution in [2.75, 3.05) is 11.9 Å². The summed E-state index contributed by atoms with van der Waals surface area (Å²) in [4.78, 5) is 40.5. The van der Waals surface area contributed by atoms with Gasteiger partial charge in [0.05, 0.1) is 18.7 Å². The number of para-hydroxylation sites is 2. The van der Waals surface area contributed by atoms with E-state index < -0.39 is 12.1 Å². The highest BCUT2D eigenvalue weighted by Crippen LogP contribution is 2.29. The smallest absolute Gasteiger partial charge is 0.375 e. The minimum Gasteiger partial charge on any atom is -0.478 e. The van der Waals surface area contributed by atoms with Crippen LogP contribution in [0.15, 0.2) is 48.5 Å². The monoisotopic (exact) mass is 435 g/mol. The highest BCUT2D eigenvalue weighted by Gasteiger charge is 2.29. The molecule has 1 atom stereocenters. The molecule has 0 fully saturated rings. The van der Waals surface area contributed by atoms with Gasteiger partial charge in [0.25, 0.3) is 5.91 Å². The molecule has 2 aromatic carbocycles. The highest BCUT2D eigenvalue weighted by molar-refractivity contribution is 5.99. The van der Waals surface area contributed by atoms with Crippen LogP contribution in [0, 0.1) is 0 Å². The van der Waals surface area contributed by atoms with Gasteiger partial charge in [-0.15, -0.1) is 0 Å². The van der Waals surface area contributed by atoms with Gasteiger partial charge >= 0.3 is 5.97 Å². The molecule has 0 spiro atoms. The van der Waals surface area contributed by atoms with E-state index in [2.05, 4.69) is 25.8 Å². The number of esters is 1. The number of hydrogen-bond acceptors (Lipinski definition) is 7. The van der Waals surface area contributed by atoms with Gasteiger partial charge in [-0.05, 0) is 30.7 Å². The summed E-state index contributed by atoms with van der Waals surface area (Å²) in [5.74, 6) is -0.363. The second-order valence-corrected chi connectivity index (χ2v) is 7.00. The number of hydrogen-bond donors (Lipinski definition) is 3. The summed E-state index contributed by atoms with van der Waals surface area (Å²) in [6.45, 7) is 2.19. The quantitative estimate of drug-likeness (QED) is 0.483. The van der Waals surface area contributed by atoms with Crippen LogP contribution in [-0.4, -0.2) is 45.7 Å². The van der Waals surface area contributed by atoms with Crippen LogP contribution in [-0.2, 0) is 20.9 Å². The molecule has 1 unspecified atom stereocenters. The predicted octanol–water partition coefficient (Wildman–Crippen LogP) is 2.05. The molecule has 1 aromatic heterocycles. The van der Waals surface area contributed by atoms with Crippen molar-refractivity contribution in [3.63, 3.8) is 0 Å². The van der Waals surface area contributed by atoms with Crippen molar-refractivity contribution in [3.8, 4) is 17.1 Å². The topological polar surface area (TPSA) is 135 Å². The zero-order chi connectivity index (χ0) is 22.5. The Morgan fingerprint density at radius 1 is 1.19 bits per heavy atom. The number of carbonyl (C=O) groups excluding carboxylic acids is 3. The number of nitrogens with zero attached hydrogens (tertiary/aromatic N) is 2. The Morgan fingerprint density at radius 2 is 2.03 bits per heavy atom. The van der Waals surface area contributed by atoms with Gasteiger partial charge in [-0.3, -0.25) is 14.7 Å². The number of aromatic amines is 1. The minimum absolute atomic E-state index is 0.0212. The number of benzene rings is 2. The molecule has 0 radical (unpaired) electrons. The first-order chi connectivity index (χ1) is 15.5. The summed E-state index contributed by atoms with van der Waals surface area (Å²) in [6, 6.07) is 14.3. The van der Waals surface area contributed by atoms with Gasteiger partial charge in [0.15, 0.2) is 11.9 Å². The Kier molecular flexibility index (Phi) is 6.11. The molecule has 2 amide bonds. The predicted molar refractivity (Wildman–Crippen MR) is 114 cm³/mol. The van der Waals surface area contributed by atoms with Crippen LogP contribution in [0.1, 0.15) is 29.5 Å². The number of anilines is 1. The maximum atomic E-state index is 12.4. The maximum Gasteiger partial charge on any atom is 0.375 e. The lowest BCUT2D eigenvalue weighted by Crippen LogP contribution is -2.40. The Balaban J connectivity index is 1.35. The van der Waals surface area contributed by atoms with E-state index in [0.29, 0.717) is 22.8 Å². The molecule has 0 saturated carbocycles. The van der Waals surface area contributed by atoms with E-state index in [1.54, 1.807) is 49.4 Å². The third-order valence-electron chi connectivity index (χ3n) is 4.71. The second-order valence-electron chi connectivity index (χ2n) is 7.00. The van der Waals surface area contributed by atoms with Gasteiger partial charge in [-0.25, -0.2) is 9.78 Å². The zero-order valence-electron chi connectivity index (χ0n) is 17.3. The van der Waals surface area contributed by atoms with Gasteiger partial charge in [-0.2, -0.15) is 5.10 Å². The van der Waals surface area contributed by atoms with E-state index in [4.69, 9.17) is 9.47 Å². The normalized spacial score (nSPS) is 14.7. The third kappa shape index (κ3) is 4.75. The van der Waals surface area contributed by atoms with E-state index in [-0.39, 0.29) is 37.2 Å². The summed E-state index contributed by atoms with van der Waals surface area (Å²) in [5, 5.41) is 12.1. The van der Waals surface area contributed by atoms with Crippen molar-refractivity contribution in [1.29, 1.82) is 0 Å². The molecule has 0 aliphatic carbocycles. The van der Waals surface area contributed by atoms with Gasteiger partial charge in [-0.1, -0.05) is 30.3 Å². The van der Waals surface area contributed by atoms with Crippen molar-refractivity contribution < 1.29 is 23.9 Å². The number of carbonyl (C=O) groups is 3. The second kappa shape index (κ2) is 9.29. The van der Waals surface area contributed by atoms with E-state index in [0.717, 1.165) is 5.56 Å². The van der Waals surface area contributed by atoms with E-state index in [1.165, 1.54) is 0 Å². The molecule has 10 nitrogen and oxygen atoms in total. The number of aromatic nitrogens is 3. The Hall–Kier alpha value is -4.21. The lowest BCUT2D eigenvalue weighted by Gasteiger charge is -2.25. The number of ether oxygens (including phenoxy) is 2. The number of amides is 2. The average Bonchev–Trinajstić information content (AvgIpc) is 3.29. The fraction of sp³-hybridized carbons (Fsp3) is 0.227. The van der Waals surface area contributed by atoms with Crippen LogP contribution >= 0.6 is 0 Å². The van der Waals surface area contributed by atoms with Gasteiger partial charge in [0.1, 0.15) is 5.75 Å². The van der Waals surface area contributed by atoms with Crippen LogP contribution in [0.25, 0.3) is 11.4 Å². The third-order valence-corrected chi connectivity index (χ3v) is 4.71. The largest absolute Gasteiger partial charge is 0.478 e. The number of H-pyrrole nitrogens is 1. The molecular weight excluding hydrogens is 414 g/mol. The van der Waals surface area contributed by atoms with Crippen LogP contribution in [0.3, 0.4) is 0 Å². The number of rotatable bonds is 7. The van der Waals surface area contributed by atoms with Crippen molar-refractivity contribution >= 4 is 23.5 Å². The molecule has 1 aliphatic heterocycles. The molecule has 2 heterocycles. The van der Waals surface area contributed by atoms with Crippen LogP contribution < -0.4 is 15.4 Å². The highest BCUT2D eigenvalue weighted by atomic mass is 16.5. The van der Waals surface area contributed by atoms with E-state index >= 15 is 0 Å². The summed E-state index contributed by atoms with van der Waals surface area (Å²) in [7, 11) is 0. The first kappa shape index (κ1) is 21.0. The Labute approximate surface area is 183 Å². The van der Waals surface area contributed by atoms with Gasteiger partial charge < -0.3 is 20.1 Å². The fourth-order valence-corrected chi connectivity index (χ4v) is 3.17. The average molecular weight is 435 g/mol. The first-order valence-corrected chi connectivity index (χ1v) is 10.1. The van der Waals surface area contributed by atoms with E-state index in [1.807, 2.05) is 6.07 Å². The Morgan fingerprint density at radius 3 is 2.88 bits per heavy atom. The molecule has 0 saturated heterocycles. The standard InChI is InChI=1S/C22H21N5O5/c1-2-31-22(30)20-25-19(26-27-20)14-7-5-6-13(10-14)12-23-18(28)11-17-21(29)24-15-8-3-4-9-16(15)32-17/h3-10,17H,2,11-12H2,1H3,(H,23,28)(H,24,29)(H,25,26,27). The van der Waals surface area contributed by atoms with E-state index in [9.17, 15) is 14.4 Å². The van der Waals surface area contributed by atoms with Crippen LogP contribution in [0.4, 0.5) is 5.69 Å². The minimum atomic E-state index is -0.897. The SMILES string of the molecule is CCOC(=O)c1nc(-c2cccc(CNC(=O)CC3Oc4ccccc4NC3=O)c2)n[nH]1. The molecule has 3 aromatic rings. The zero-order valence-corrected chi connectivity index (χ0v) is 17.3. The van der Waals surface area contributed by atoms with Crippen molar-refractivity contribution in [3.05, 3.63) is 59.9 Å². The van der Waals surface area contributed by atoms with Crippen molar-refractivity contribution in [1.82, 2.24) is 20.5 Å². The van der Waals surface area contributed by atoms with Gasteiger partial charge in [0.2, 0.25) is 11.7 Å². The summed E-state index contributed by atoms with van der Waals surface area (Å²) >= 11 is 0. The molecule has 1 aliphatic rings. The van der Waals surface area contributed by atoms with Crippen molar-refractivity contribution in [2.24, 2.45) is 0 Å². The maximum absolute atomic E-state index is 12.4. The lowest BCUT2D eigenvalue weighted by molar-refractivity contribution is -0.130. The van der Waals surface area contributed by atoms with Crippen LogP contribution in [0.5, 0.6) is 5.75 Å². The summed E-state index contributed by atoms with van der Waals surface area (Å²) < 4.78 is 10.5. The molecule has 3 N–H and O–H groups in total. The first-order valence-electron chi connectivity index (χ1n) is 10.1. The summed E-state index contributed by atoms with van der Waals surface area (Å²) in [6.07, 6.45) is -1.00. The molecule has 4 rings (SSSR count). The molecule has 32 heavy (non-hydrogen) atoms. The Bertz CT molecular complexity index is 1160. The number of fused-ring (bicyclic) bond motifs is 1. The molecule has 164 valence electrons. The summed E-state index contributed by atoms with van der Waals surface area (Å²) in [5.41, 5.74) is 2.07. The molecule has 10 heteroatoms. The lowest BCUT2D eigenvalue weighted by atomic mass is 10.1. The van der Waals surface area contributed by atoms with Crippen LogP contribution in [0.2, 0.25) is 0 Å².